The summed E-state index contributed by atoms with van der Waals surface area (Å²) in [6.45, 7) is 0.470. The minimum Gasteiger partial charge on any atom is -0.454 e. The molecule has 1 aliphatic rings. The van der Waals surface area contributed by atoms with Gasteiger partial charge in [0.25, 0.3) is 10.1 Å². The Labute approximate surface area is 178 Å². The number of halogens is 1. The first-order valence-corrected chi connectivity index (χ1v) is 11.7. The van der Waals surface area contributed by atoms with Crippen LogP contribution in [0.15, 0.2) is 34.4 Å². The zero-order valence-electron chi connectivity index (χ0n) is 14.6. The topological polar surface area (TPSA) is 119 Å². The molecule has 9 nitrogen and oxygen atoms in total. The van der Waals surface area contributed by atoms with Crippen molar-refractivity contribution >= 4 is 61.3 Å². The van der Waals surface area contributed by atoms with Crippen molar-refractivity contribution in [1.29, 1.82) is 0 Å². The number of aromatic nitrogens is 3. The molecule has 3 heterocycles. The Kier molecular flexibility index (Phi) is 5.28. The summed E-state index contributed by atoms with van der Waals surface area (Å²) in [5.41, 5.74) is 7.28. The second kappa shape index (κ2) is 7.57. The van der Waals surface area contributed by atoms with Crippen molar-refractivity contribution in [1.82, 2.24) is 14.5 Å². The Bertz CT molecular complexity index is 1170. The highest BCUT2D eigenvalue weighted by Gasteiger charge is 2.20. The molecule has 0 fully saturated rings. The molecule has 0 radical (unpaired) electrons. The predicted octanol–water partition coefficient (Wildman–Crippen LogP) is 2.47. The van der Waals surface area contributed by atoms with Gasteiger partial charge in [-0.1, -0.05) is 11.8 Å². The largest absolute Gasteiger partial charge is 0.454 e. The number of nitrogens with two attached hydrogens (primary N) is 1. The quantitative estimate of drug-likeness (QED) is 0.376. The Morgan fingerprint density at radius 2 is 2.11 bits per heavy atom. The zero-order chi connectivity index (χ0) is 19.9. The predicted molar refractivity (Wildman–Crippen MR) is 112 cm³/mol. The molecule has 0 saturated carbocycles. The standard InChI is InChI=1S/C16H15IN4O5S2/c1-28(22,23)26-5-4-21-10-2-3-19-15(18)14(10)20-16(21)27-13-7-12-11(6-9(13)17)24-8-25-12/h2-3,6-7H,4-5,8H2,1H3,(H2,18,19). The van der Waals surface area contributed by atoms with E-state index < -0.39 is 10.1 Å². The molecule has 28 heavy (non-hydrogen) atoms. The molecule has 0 bridgehead atoms. The van der Waals surface area contributed by atoms with E-state index in [-0.39, 0.29) is 19.9 Å². The number of hydrogen-bond acceptors (Lipinski definition) is 9. The number of rotatable bonds is 6. The molecule has 2 aromatic heterocycles. The zero-order valence-corrected chi connectivity index (χ0v) is 18.4. The molecule has 0 saturated heterocycles. The number of nitrogen functional groups attached to an aromatic ring is 1. The number of ether oxygens (including phenoxy) is 2. The highest BCUT2D eigenvalue weighted by Crippen LogP contribution is 2.41. The summed E-state index contributed by atoms with van der Waals surface area (Å²) in [5, 5.41) is 0.642. The lowest BCUT2D eigenvalue weighted by molar-refractivity contribution is 0.174. The summed E-state index contributed by atoms with van der Waals surface area (Å²) in [6.07, 6.45) is 2.61. The molecular formula is C16H15IN4O5S2. The van der Waals surface area contributed by atoms with E-state index in [1.807, 2.05) is 16.7 Å². The van der Waals surface area contributed by atoms with Crippen molar-refractivity contribution in [2.24, 2.45) is 0 Å². The van der Waals surface area contributed by atoms with Crippen LogP contribution in [0.1, 0.15) is 0 Å². The van der Waals surface area contributed by atoms with Crippen molar-refractivity contribution in [3.8, 4) is 11.5 Å². The van der Waals surface area contributed by atoms with Crippen LogP contribution in [-0.2, 0) is 20.8 Å². The van der Waals surface area contributed by atoms with Crippen LogP contribution in [0.3, 0.4) is 0 Å². The first kappa shape index (κ1) is 19.5. The van der Waals surface area contributed by atoms with Crippen LogP contribution in [0.25, 0.3) is 11.0 Å². The number of pyridine rings is 1. The molecule has 0 spiro atoms. The molecule has 0 amide bonds. The highest BCUT2D eigenvalue weighted by atomic mass is 127. The number of imidazole rings is 1. The first-order valence-electron chi connectivity index (χ1n) is 8.04. The summed E-state index contributed by atoms with van der Waals surface area (Å²) in [4.78, 5) is 9.62. The smallest absolute Gasteiger partial charge is 0.264 e. The molecule has 3 aromatic rings. The van der Waals surface area contributed by atoms with Crippen LogP contribution in [0.5, 0.6) is 11.5 Å². The minimum absolute atomic E-state index is 0.0156. The lowest BCUT2D eigenvalue weighted by Gasteiger charge is -2.10. The van der Waals surface area contributed by atoms with Gasteiger partial charge in [0.05, 0.1) is 24.9 Å². The van der Waals surface area contributed by atoms with Crippen molar-refractivity contribution < 1.29 is 22.1 Å². The van der Waals surface area contributed by atoms with Crippen LogP contribution < -0.4 is 15.2 Å². The van der Waals surface area contributed by atoms with Crippen molar-refractivity contribution in [2.75, 3.05) is 25.4 Å². The second-order valence-electron chi connectivity index (χ2n) is 5.87. The summed E-state index contributed by atoms with van der Waals surface area (Å²) < 4.78 is 41.2. The van der Waals surface area contributed by atoms with Gasteiger partial charge in [0.15, 0.2) is 22.5 Å². The molecule has 0 atom stereocenters. The fraction of sp³-hybridized carbons (Fsp3) is 0.250. The average molecular weight is 534 g/mol. The third-order valence-electron chi connectivity index (χ3n) is 3.90. The molecule has 0 unspecified atom stereocenters. The summed E-state index contributed by atoms with van der Waals surface area (Å²) >= 11 is 3.64. The van der Waals surface area contributed by atoms with Crippen LogP contribution in [-0.4, -0.2) is 42.6 Å². The fourth-order valence-corrected chi connectivity index (χ4v) is 4.80. The van der Waals surface area contributed by atoms with Gasteiger partial charge in [0.2, 0.25) is 6.79 Å². The normalized spacial score (nSPS) is 13.4. The van der Waals surface area contributed by atoms with E-state index in [1.54, 1.807) is 12.3 Å². The number of benzene rings is 1. The van der Waals surface area contributed by atoms with Gasteiger partial charge in [-0.15, -0.1) is 0 Å². The number of hydrogen-bond donors (Lipinski definition) is 1. The van der Waals surface area contributed by atoms with Crippen LogP contribution in [0.4, 0.5) is 5.82 Å². The number of nitrogens with zero attached hydrogens (tertiary/aromatic N) is 3. The molecule has 1 aromatic carbocycles. The van der Waals surface area contributed by atoms with Crippen LogP contribution in [0.2, 0.25) is 0 Å². The minimum atomic E-state index is -3.53. The van der Waals surface area contributed by atoms with E-state index in [9.17, 15) is 8.42 Å². The maximum atomic E-state index is 11.3. The molecule has 148 valence electrons. The molecule has 0 aliphatic carbocycles. The Balaban J connectivity index is 1.71. The molecular weight excluding hydrogens is 519 g/mol. The van der Waals surface area contributed by atoms with Crippen molar-refractivity contribution in [3.63, 3.8) is 0 Å². The summed E-state index contributed by atoms with van der Waals surface area (Å²) in [6, 6.07) is 5.59. The molecule has 2 N–H and O–H groups in total. The van der Waals surface area contributed by atoms with Crippen molar-refractivity contribution in [2.45, 2.75) is 16.6 Å². The first-order chi connectivity index (χ1) is 13.3. The fourth-order valence-electron chi connectivity index (χ4n) is 2.70. The average Bonchev–Trinajstić information content (AvgIpc) is 3.20. The van der Waals surface area contributed by atoms with Gasteiger partial charge in [0, 0.05) is 14.7 Å². The summed E-state index contributed by atoms with van der Waals surface area (Å²) in [5.74, 6) is 1.69. The van der Waals surface area contributed by atoms with Gasteiger partial charge in [-0.25, -0.2) is 9.97 Å². The molecule has 4 rings (SSSR count). The Hall–Kier alpha value is -1.77. The van der Waals surface area contributed by atoms with Gasteiger partial charge in [0.1, 0.15) is 5.52 Å². The summed E-state index contributed by atoms with van der Waals surface area (Å²) in [7, 11) is -3.53. The second-order valence-corrected chi connectivity index (χ2v) is 9.69. The van der Waals surface area contributed by atoms with E-state index in [0.29, 0.717) is 28.0 Å². The Morgan fingerprint density at radius 3 is 2.86 bits per heavy atom. The molecule has 12 heteroatoms. The lowest BCUT2D eigenvalue weighted by atomic mass is 10.3. The van der Waals surface area contributed by atoms with Gasteiger partial charge in [-0.05, 0) is 40.8 Å². The third kappa shape index (κ3) is 3.99. The van der Waals surface area contributed by atoms with E-state index in [4.69, 9.17) is 19.4 Å². The number of anilines is 1. The van der Waals surface area contributed by atoms with E-state index in [1.165, 1.54) is 11.8 Å². The maximum Gasteiger partial charge on any atom is 0.264 e. The Morgan fingerprint density at radius 1 is 1.36 bits per heavy atom. The SMILES string of the molecule is CS(=O)(=O)OCCn1c(Sc2cc3c(cc2I)OCO3)nc2c(N)nccc21. The third-order valence-corrected chi connectivity index (χ3v) is 6.81. The van der Waals surface area contributed by atoms with Gasteiger partial charge in [-0.2, -0.15) is 8.42 Å². The van der Waals surface area contributed by atoms with E-state index in [2.05, 4.69) is 32.6 Å². The van der Waals surface area contributed by atoms with E-state index >= 15 is 0 Å². The van der Waals surface area contributed by atoms with Gasteiger partial charge < -0.3 is 19.8 Å². The van der Waals surface area contributed by atoms with Crippen LogP contribution >= 0.6 is 34.4 Å². The number of fused-ring (bicyclic) bond motifs is 2. The lowest BCUT2D eigenvalue weighted by Crippen LogP contribution is -2.11. The maximum absolute atomic E-state index is 11.3. The van der Waals surface area contributed by atoms with Crippen LogP contribution in [0, 0.1) is 3.57 Å². The molecule has 1 aliphatic heterocycles. The van der Waals surface area contributed by atoms with Gasteiger partial charge in [-0.3, -0.25) is 4.18 Å². The van der Waals surface area contributed by atoms with Gasteiger partial charge >= 0.3 is 0 Å². The van der Waals surface area contributed by atoms with Crippen molar-refractivity contribution in [3.05, 3.63) is 28.0 Å². The monoisotopic (exact) mass is 534 g/mol. The highest BCUT2D eigenvalue weighted by molar-refractivity contribution is 14.1. The van der Waals surface area contributed by atoms with E-state index in [0.717, 1.165) is 20.2 Å².